The molecule has 0 spiro atoms. The molecule has 1 aliphatic heterocycles. The van der Waals surface area contributed by atoms with E-state index in [0.717, 1.165) is 18.5 Å². The van der Waals surface area contributed by atoms with Crippen molar-refractivity contribution in [3.8, 4) is 0 Å². The minimum atomic E-state index is -0.0847. The molecule has 1 amide bonds. The van der Waals surface area contributed by atoms with Crippen LogP contribution >= 0.6 is 0 Å². The number of likely N-dealkylation sites (tertiary alicyclic amines) is 1. The fourth-order valence-corrected chi connectivity index (χ4v) is 2.80. The van der Waals surface area contributed by atoms with Crippen molar-refractivity contribution in [1.82, 2.24) is 4.90 Å². The van der Waals surface area contributed by atoms with Gasteiger partial charge in [-0.2, -0.15) is 0 Å². The summed E-state index contributed by atoms with van der Waals surface area (Å²) in [6.07, 6.45) is 1.02. The first kappa shape index (κ1) is 14.8. The highest BCUT2D eigenvalue weighted by Crippen LogP contribution is 2.25. The Labute approximate surface area is 119 Å². The second-order valence-electron chi connectivity index (χ2n) is 5.57. The Balaban J connectivity index is 1.99. The number of anilines is 2. The van der Waals surface area contributed by atoms with E-state index in [1.54, 1.807) is 6.07 Å². The largest absolute Gasteiger partial charge is 0.397 e. The summed E-state index contributed by atoms with van der Waals surface area (Å²) in [5.41, 5.74) is 8.10. The summed E-state index contributed by atoms with van der Waals surface area (Å²) in [4.78, 5) is 14.2. The van der Waals surface area contributed by atoms with E-state index in [1.165, 1.54) is 0 Å². The lowest BCUT2D eigenvalue weighted by Gasteiger charge is -2.24. The number of para-hydroxylation sites is 1. The zero-order valence-corrected chi connectivity index (χ0v) is 12.1. The van der Waals surface area contributed by atoms with Crippen molar-refractivity contribution in [1.29, 1.82) is 0 Å². The van der Waals surface area contributed by atoms with Gasteiger partial charge in [0, 0.05) is 6.04 Å². The van der Waals surface area contributed by atoms with Crippen LogP contribution in [-0.2, 0) is 4.79 Å². The number of amides is 1. The lowest BCUT2D eigenvalue weighted by molar-refractivity contribution is -0.117. The number of aliphatic hydroxyl groups is 1. The molecule has 5 nitrogen and oxygen atoms in total. The maximum absolute atomic E-state index is 12.2. The summed E-state index contributed by atoms with van der Waals surface area (Å²) in [5.74, 6) is 0.342. The molecule has 2 unspecified atom stereocenters. The molecule has 1 fully saturated rings. The average molecular weight is 277 g/mol. The molecular formula is C15H23N3O2. The van der Waals surface area contributed by atoms with Gasteiger partial charge >= 0.3 is 0 Å². The molecule has 0 radical (unpaired) electrons. The second-order valence-corrected chi connectivity index (χ2v) is 5.57. The number of nitrogens with one attached hydrogen (secondary N) is 1. The number of carbonyl (C=O) groups is 1. The third kappa shape index (κ3) is 3.11. The monoisotopic (exact) mass is 277 g/mol. The molecule has 110 valence electrons. The number of benzene rings is 1. The molecule has 2 rings (SSSR count). The van der Waals surface area contributed by atoms with Crippen LogP contribution in [0, 0.1) is 12.8 Å². The number of rotatable bonds is 4. The van der Waals surface area contributed by atoms with E-state index in [1.807, 2.05) is 24.0 Å². The van der Waals surface area contributed by atoms with Crippen LogP contribution in [0.5, 0.6) is 0 Å². The predicted molar refractivity (Wildman–Crippen MR) is 80.4 cm³/mol. The number of aryl methyl sites for hydroxylation is 1. The van der Waals surface area contributed by atoms with Gasteiger partial charge < -0.3 is 16.2 Å². The second kappa shape index (κ2) is 6.24. The Hall–Kier alpha value is -1.59. The van der Waals surface area contributed by atoms with E-state index in [0.29, 0.717) is 23.8 Å². The van der Waals surface area contributed by atoms with Crippen LogP contribution < -0.4 is 11.1 Å². The molecule has 0 aliphatic carbocycles. The van der Waals surface area contributed by atoms with Gasteiger partial charge in [0.05, 0.1) is 24.5 Å². The molecular weight excluding hydrogens is 254 g/mol. The number of hydrogen-bond donors (Lipinski definition) is 3. The van der Waals surface area contributed by atoms with Crippen molar-refractivity contribution in [2.24, 2.45) is 5.92 Å². The molecule has 0 aromatic heterocycles. The van der Waals surface area contributed by atoms with Gasteiger partial charge in [0.25, 0.3) is 0 Å². The van der Waals surface area contributed by atoms with Crippen LogP contribution in [0.15, 0.2) is 18.2 Å². The van der Waals surface area contributed by atoms with Gasteiger partial charge in [0.1, 0.15) is 0 Å². The minimum Gasteiger partial charge on any atom is -0.397 e. The quantitative estimate of drug-likeness (QED) is 0.723. The van der Waals surface area contributed by atoms with Crippen LogP contribution in [-0.4, -0.2) is 41.7 Å². The van der Waals surface area contributed by atoms with Crippen LogP contribution in [0.3, 0.4) is 0 Å². The number of aliphatic hydroxyl groups excluding tert-OH is 1. The highest BCUT2D eigenvalue weighted by Gasteiger charge is 2.31. The maximum atomic E-state index is 12.2. The summed E-state index contributed by atoms with van der Waals surface area (Å²) in [5, 5.41) is 12.3. The minimum absolute atomic E-state index is 0.0787. The fraction of sp³-hybridized carbons (Fsp3) is 0.533. The fourth-order valence-electron chi connectivity index (χ4n) is 2.80. The topological polar surface area (TPSA) is 78.6 Å². The Morgan fingerprint density at radius 2 is 2.30 bits per heavy atom. The van der Waals surface area contributed by atoms with Gasteiger partial charge in [-0.1, -0.05) is 19.1 Å². The van der Waals surface area contributed by atoms with E-state index in [4.69, 9.17) is 5.73 Å². The van der Waals surface area contributed by atoms with Gasteiger partial charge in [0.15, 0.2) is 0 Å². The molecule has 2 atom stereocenters. The van der Waals surface area contributed by atoms with E-state index in [2.05, 4.69) is 12.2 Å². The SMILES string of the molecule is Cc1cccc(N)c1NC(=O)CN1CCC(C)C1CO. The van der Waals surface area contributed by atoms with Gasteiger partial charge in [-0.25, -0.2) is 0 Å². The predicted octanol–water partition coefficient (Wildman–Crippen LogP) is 1.22. The van der Waals surface area contributed by atoms with Crippen molar-refractivity contribution < 1.29 is 9.90 Å². The zero-order valence-electron chi connectivity index (χ0n) is 12.1. The summed E-state index contributed by atoms with van der Waals surface area (Å²) < 4.78 is 0. The molecule has 4 N–H and O–H groups in total. The Morgan fingerprint density at radius 3 is 2.95 bits per heavy atom. The van der Waals surface area contributed by atoms with E-state index >= 15 is 0 Å². The van der Waals surface area contributed by atoms with Crippen molar-refractivity contribution in [3.63, 3.8) is 0 Å². The summed E-state index contributed by atoms with van der Waals surface area (Å²) in [6, 6.07) is 5.64. The van der Waals surface area contributed by atoms with Gasteiger partial charge in [-0.3, -0.25) is 9.69 Å². The van der Waals surface area contributed by atoms with Crippen LogP contribution in [0.2, 0.25) is 0 Å². The van der Waals surface area contributed by atoms with Crippen molar-refractivity contribution >= 4 is 17.3 Å². The number of nitrogen functional groups attached to an aromatic ring is 1. The summed E-state index contributed by atoms with van der Waals surface area (Å²) in [7, 11) is 0. The lowest BCUT2D eigenvalue weighted by Crippen LogP contribution is -2.40. The molecule has 20 heavy (non-hydrogen) atoms. The van der Waals surface area contributed by atoms with E-state index in [-0.39, 0.29) is 18.6 Å². The zero-order chi connectivity index (χ0) is 14.7. The Morgan fingerprint density at radius 1 is 1.55 bits per heavy atom. The van der Waals surface area contributed by atoms with Crippen molar-refractivity contribution in [2.45, 2.75) is 26.3 Å². The van der Waals surface area contributed by atoms with E-state index < -0.39 is 0 Å². The normalized spacial score (nSPS) is 22.9. The average Bonchev–Trinajstić information content (AvgIpc) is 2.74. The molecule has 1 aromatic rings. The van der Waals surface area contributed by atoms with Crippen LogP contribution in [0.1, 0.15) is 18.9 Å². The van der Waals surface area contributed by atoms with Gasteiger partial charge in [-0.05, 0) is 37.4 Å². The molecule has 1 aliphatic rings. The third-order valence-electron chi connectivity index (χ3n) is 4.10. The third-order valence-corrected chi connectivity index (χ3v) is 4.10. The van der Waals surface area contributed by atoms with E-state index in [9.17, 15) is 9.90 Å². The molecule has 0 saturated carbocycles. The van der Waals surface area contributed by atoms with Crippen LogP contribution in [0.4, 0.5) is 11.4 Å². The highest BCUT2D eigenvalue weighted by molar-refractivity contribution is 5.96. The standard InChI is InChI=1S/C15H23N3O2/c1-10-6-7-18(13(10)9-19)8-14(20)17-15-11(2)4-3-5-12(15)16/h3-5,10,13,19H,6-9,16H2,1-2H3,(H,17,20). The molecule has 0 bridgehead atoms. The number of hydrogen-bond acceptors (Lipinski definition) is 4. The molecule has 1 heterocycles. The Kier molecular flexibility index (Phi) is 4.62. The first-order chi connectivity index (χ1) is 9.52. The van der Waals surface area contributed by atoms with Crippen LogP contribution in [0.25, 0.3) is 0 Å². The Bertz CT molecular complexity index is 470. The first-order valence-electron chi connectivity index (χ1n) is 7.02. The number of nitrogens with zero attached hydrogens (tertiary/aromatic N) is 1. The highest BCUT2D eigenvalue weighted by atomic mass is 16.3. The summed E-state index contributed by atoms with van der Waals surface area (Å²) >= 11 is 0. The first-order valence-corrected chi connectivity index (χ1v) is 7.02. The van der Waals surface area contributed by atoms with Gasteiger partial charge in [-0.15, -0.1) is 0 Å². The lowest BCUT2D eigenvalue weighted by atomic mass is 10.0. The van der Waals surface area contributed by atoms with Gasteiger partial charge in [0.2, 0.25) is 5.91 Å². The molecule has 1 saturated heterocycles. The molecule has 1 aromatic carbocycles. The molecule has 5 heteroatoms. The number of nitrogens with two attached hydrogens (primary N) is 1. The summed E-state index contributed by atoms with van der Waals surface area (Å²) in [6.45, 7) is 5.27. The smallest absolute Gasteiger partial charge is 0.238 e. The van der Waals surface area contributed by atoms with Crippen molar-refractivity contribution in [3.05, 3.63) is 23.8 Å². The maximum Gasteiger partial charge on any atom is 0.238 e. The number of carbonyl (C=O) groups excluding carboxylic acids is 1. The van der Waals surface area contributed by atoms with Crippen molar-refractivity contribution in [2.75, 3.05) is 30.7 Å².